The molecule has 2 aromatic carbocycles. The number of carbonyl (C=O) groups is 1. The molecule has 1 aliphatic heterocycles. The predicted octanol–water partition coefficient (Wildman–Crippen LogP) is 3.47. The molecule has 4 rings (SSSR count). The van der Waals surface area contributed by atoms with Gasteiger partial charge >= 0.3 is 0 Å². The first-order valence-corrected chi connectivity index (χ1v) is 12.2. The summed E-state index contributed by atoms with van der Waals surface area (Å²) in [7, 11) is -1.39. The molecule has 7 heteroatoms. The van der Waals surface area contributed by atoms with Gasteiger partial charge in [0.1, 0.15) is 5.69 Å². The fraction of sp³-hybridized carbons (Fsp3) is 0.333. The zero-order valence-corrected chi connectivity index (χ0v) is 18.9. The molecule has 2 heterocycles. The van der Waals surface area contributed by atoms with E-state index in [1.165, 1.54) is 5.56 Å². The molecule has 6 nitrogen and oxygen atoms in total. The van der Waals surface area contributed by atoms with Crippen LogP contribution in [0, 0.1) is 13.8 Å². The maximum atomic E-state index is 13.4. The van der Waals surface area contributed by atoms with E-state index in [0.717, 1.165) is 16.7 Å². The molecule has 0 saturated carbocycles. The van der Waals surface area contributed by atoms with Gasteiger partial charge in [-0.3, -0.25) is 9.48 Å². The molecule has 1 atom stereocenters. The van der Waals surface area contributed by atoms with Gasteiger partial charge in [-0.15, -0.1) is 0 Å². The Labute approximate surface area is 183 Å². The van der Waals surface area contributed by atoms with Crippen LogP contribution in [0.3, 0.4) is 0 Å². The van der Waals surface area contributed by atoms with Crippen molar-refractivity contribution in [2.75, 3.05) is 18.6 Å². The summed E-state index contributed by atoms with van der Waals surface area (Å²) >= 11 is 0. The number of benzene rings is 2. The average Bonchev–Trinajstić information content (AvgIpc) is 3.32. The second-order valence-electron chi connectivity index (χ2n) is 8.35. The summed E-state index contributed by atoms with van der Waals surface area (Å²) in [6, 6.07) is 15.7. The number of carbonyl (C=O) groups excluding carboxylic acids is 1. The minimum atomic E-state index is -3.08. The van der Waals surface area contributed by atoms with E-state index in [2.05, 4.69) is 0 Å². The fourth-order valence-corrected chi connectivity index (χ4v) is 5.74. The molecule has 31 heavy (non-hydrogen) atoms. The van der Waals surface area contributed by atoms with Crippen molar-refractivity contribution in [3.63, 3.8) is 0 Å². The van der Waals surface area contributed by atoms with E-state index < -0.39 is 9.84 Å². The number of hydrogen-bond donors (Lipinski definition) is 0. The highest BCUT2D eigenvalue weighted by Gasteiger charge is 2.34. The third-order valence-corrected chi connectivity index (χ3v) is 7.79. The van der Waals surface area contributed by atoms with E-state index in [9.17, 15) is 13.2 Å². The zero-order chi connectivity index (χ0) is 22.2. The third-order valence-electron chi connectivity index (χ3n) is 6.04. The normalized spacial score (nSPS) is 17.6. The minimum Gasteiger partial charge on any atom is -0.338 e. The topological polar surface area (TPSA) is 72.3 Å². The second-order valence-corrected chi connectivity index (χ2v) is 10.6. The maximum absolute atomic E-state index is 13.4. The van der Waals surface area contributed by atoms with Crippen LogP contribution in [0.1, 0.15) is 33.5 Å². The number of nitrogens with zero attached hydrogens (tertiary/aromatic N) is 3. The summed E-state index contributed by atoms with van der Waals surface area (Å²) < 4.78 is 25.6. The molecular formula is C24H27N3O3S. The quantitative estimate of drug-likeness (QED) is 0.613. The van der Waals surface area contributed by atoms with Crippen LogP contribution in [0.25, 0.3) is 11.3 Å². The van der Waals surface area contributed by atoms with Crippen LogP contribution in [0.5, 0.6) is 0 Å². The van der Waals surface area contributed by atoms with Crippen molar-refractivity contribution in [3.05, 3.63) is 77.0 Å². The number of sulfone groups is 1. The smallest absolute Gasteiger partial charge is 0.257 e. The molecule has 0 N–H and O–H groups in total. The molecular weight excluding hydrogens is 410 g/mol. The van der Waals surface area contributed by atoms with E-state index in [-0.39, 0.29) is 23.5 Å². The summed E-state index contributed by atoms with van der Waals surface area (Å²) in [6.07, 6.45) is 2.25. The van der Waals surface area contributed by atoms with Gasteiger partial charge in [-0.1, -0.05) is 42.5 Å². The molecule has 162 valence electrons. The molecule has 1 amide bonds. The van der Waals surface area contributed by atoms with Crippen molar-refractivity contribution in [2.45, 2.75) is 32.9 Å². The predicted molar refractivity (Wildman–Crippen MR) is 122 cm³/mol. The van der Waals surface area contributed by atoms with Gasteiger partial charge < -0.3 is 4.90 Å². The Morgan fingerprint density at radius 1 is 1.13 bits per heavy atom. The van der Waals surface area contributed by atoms with Crippen LogP contribution in [0.4, 0.5) is 0 Å². The van der Waals surface area contributed by atoms with Crippen LogP contribution >= 0.6 is 0 Å². The van der Waals surface area contributed by atoms with Gasteiger partial charge in [-0.25, -0.2) is 8.42 Å². The summed E-state index contributed by atoms with van der Waals surface area (Å²) in [5.74, 6) is -0.0477. The largest absolute Gasteiger partial charge is 0.338 e. The first-order chi connectivity index (χ1) is 14.7. The van der Waals surface area contributed by atoms with Crippen molar-refractivity contribution >= 4 is 15.7 Å². The third kappa shape index (κ3) is 4.56. The molecule has 1 aromatic heterocycles. The highest BCUT2D eigenvalue weighted by molar-refractivity contribution is 7.91. The highest BCUT2D eigenvalue weighted by Crippen LogP contribution is 2.27. The molecule has 0 spiro atoms. The Hall–Kier alpha value is -2.93. The summed E-state index contributed by atoms with van der Waals surface area (Å²) in [5, 5.41) is 4.76. The van der Waals surface area contributed by atoms with Crippen molar-refractivity contribution in [3.8, 4) is 11.3 Å². The lowest BCUT2D eigenvalue weighted by molar-refractivity contribution is 0.0748. The van der Waals surface area contributed by atoms with Gasteiger partial charge in [0, 0.05) is 24.8 Å². The van der Waals surface area contributed by atoms with Crippen molar-refractivity contribution in [1.82, 2.24) is 14.7 Å². The van der Waals surface area contributed by atoms with E-state index in [4.69, 9.17) is 5.10 Å². The highest BCUT2D eigenvalue weighted by atomic mass is 32.2. The molecule has 1 aliphatic rings. The van der Waals surface area contributed by atoms with Crippen molar-refractivity contribution < 1.29 is 13.2 Å². The Morgan fingerprint density at radius 3 is 2.52 bits per heavy atom. The zero-order valence-electron chi connectivity index (χ0n) is 18.1. The molecule has 0 radical (unpaired) electrons. The van der Waals surface area contributed by atoms with Gasteiger partial charge in [0.2, 0.25) is 0 Å². The molecule has 1 saturated heterocycles. The van der Waals surface area contributed by atoms with Crippen LogP contribution in [-0.4, -0.2) is 53.6 Å². The number of hydrogen-bond acceptors (Lipinski definition) is 4. The molecule has 0 bridgehead atoms. The lowest BCUT2D eigenvalue weighted by Crippen LogP contribution is -2.37. The summed E-state index contributed by atoms with van der Waals surface area (Å²) in [5.41, 5.74) is 5.39. The van der Waals surface area contributed by atoms with Gasteiger partial charge in [0.25, 0.3) is 5.91 Å². The first kappa shape index (κ1) is 21.3. The van der Waals surface area contributed by atoms with Crippen LogP contribution < -0.4 is 0 Å². The lowest BCUT2D eigenvalue weighted by Gasteiger charge is -2.23. The second kappa shape index (κ2) is 8.30. The van der Waals surface area contributed by atoms with Crippen LogP contribution in [0.2, 0.25) is 0 Å². The van der Waals surface area contributed by atoms with E-state index in [0.29, 0.717) is 24.2 Å². The Balaban J connectivity index is 1.72. The Bertz CT molecular complexity index is 1220. The maximum Gasteiger partial charge on any atom is 0.257 e. The number of aromatic nitrogens is 2. The Morgan fingerprint density at radius 2 is 1.87 bits per heavy atom. The van der Waals surface area contributed by atoms with Crippen molar-refractivity contribution in [1.29, 1.82) is 0 Å². The molecule has 0 aliphatic carbocycles. The monoisotopic (exact) mass is 437 g/mol. The van der Waals surface area contributed by atoms with Gasteiger partial charge in [-0.2, -0.15) is 5.10 Å². The Kier molecular flexibility index (Phi) is 5.71. The van der Waals surface area contributed by atoms with Crippen LogP contribution in [0.15, 0.2) is 54.7 Å². The number of rotatable bonds is 5. The minimum absolute atomic E-state index is 0.0202. The van der Waals surface area contributed by atoms with Gasteiger partial charge in [0.05, 0.1) is 23.6 Å². The summed E-state index contributed by atoms with van der Waals surface area (Å²) in [4.78, 5) is 15.0. The number of amides is 1. The fourth-order valence-electron chi connectivity index (χ4n) is 3.97. The lowest BCUT2D eigenvalue weighted by atomic mass is 10.0. The van der Waals surface area contributed by atoms with Crippen molar-refractivity contribution in [2.24, 2.45) is 0 Å². The number of aryl methyl sites for hydroxylation is 2. The first-order valence-electron chi connectivity index (χ1n) is 10.4. The average molecular weight is 438 g/mol. The molecule has 1 fully saturated rings. The summed E-state index contributed by atoms with van der Waals surface area (Å²) in [6.45, 7) is 4.64. The van der Waals surface area contributed by atoms with Gasteiger partial charge in [0.15, 0.2) is 9.84 Å². The SMILES string of the molecule is Cc1ccc(-c2nn(Cc3ccccc3)cc2C(=O)N(C)[C@@H]2CCS(=O)(=O)C2)cc1C. The van der Waals surface area contributed by atoms with Gasteiger partial charge in [-0.05, 0) is 43.0 Å². The van der Waals surface area contributed by atoms with E-state index in [1.54, 1.807) is 22.8 Å². The van der Waals surface area contributed by atoms with Crippen LogP contribution in [-0.2, 0) is 16.4 Å². The van der Waals surface area contributed by atoms with E-state index >= 15 is 0 Å². The molecule has 3 aromatic rings. The molecule has 0 unspecified atom stereocenters. The van der Waals surface area contributed by atoms with E-state index in [1.807, 2.05) is 62.4 Å². The standard InChI is InChI=1S/C24H27N3O3S/c1-17-9-10-20(13-18(17)2)23-22(15-27(25-23)14-19-7-5-4-6-8-19)24(28)26(3)21-11-12-31(29,30)16-21/h4-10,13,15,21H,11-12,14,16H2,1-3H3/t21-/m1/s1.